The van der Waals surface area contributed by atoms with E-state index in [2.05, 4.69) is 43.4 Å². The second-order valence-electron chi connectivity index (χ2n) is 7.77. The summed E-state index contributed by atoms with van der Waals surface area (Å²) in [6.45, 7) is 11.6. The number of aryl methyl sites for hydroxylation is 1. The van der Waals surface area contributed by atoms with Gasteiger partial charge in [-0.05, 0) is 54.7 Å². The topological polar surface area (TPSA) is 51.8 Å². The van der Waals surface area contributed by atoms with Crippen LogP contribution in [0.4, 0.5) is 11.4 Å². The molecule has 1 aliphatic heterocycles. The molecule has 2 aromatic carbocycles. The molecule has 0 amide bonds. The number of para-hydroxylation sites is 2. The smallest absolute Gasteiger partial charge is 0.151 e. The molecule has 154 valence electrons. The van der Waals surface area contributed by atoms with E-state index in [1.807, 2.05) is 37.3 Å². The van der Waals surface area contributed by atoms with E-state index in [0.29, 0.717) is 12.3 Å². The Morgan fingerprint density at radius 2 is 2.03 bits per heavy atom. The van der Waals surface area contributed by atoms with E-state index in [4.69, 9.17) is 14.3 Å². The van der Waals surface area contributed by atoms with Gasteiger partial charge in [-0.2, -0.15) is 0 Å². The van der Waals surface area contributed by atoms with Crippen LogP contribution in [0.2, 0.25) is 0 Å². The van der Waals surface area contributed by atoms with Crippen molar-refractivity contribution in [2.75, 3.05) is 31.1 Å². The number of rotatable bonds is 8. The highest BCUT2D eigenvalue weighted by Crippen LogP contribution is 2.41. The van der Waals surface area contributed by atoms with E-state index in [9.17, 15) is 0 Å². The molecule has 0 unspecified atom stereocenters. The number of allylic oxidation sites excluding steroid dienone is 2. The van der Waals surface area contributed by atoms with Crippen molar-refractivity contribution in [3.05, 3.63) is 72.0 Å². The Morgan fingerprint density at radius 3 is 2.79 bits per heavy atom. The SMILES string of the molecule is C=C/C=C(/CNc1ccccc1OC)ONc1cc2c(cc1C)OCCC2(C)C. The maximum Gasteiger partial charge on any atom is 0.151 e. The lowest BCUT2D eigenvalue weighted by Crippen LogP contribution is -2.27. The minimum absolute atomic E-state index is 0.0723. The lowest BCUT2D eigenvalue weighted by Gasteiger charge is -2.33. The fourth-order valence-electron chi connectivity index (χ4n) is 3.34. The number of fused-ring (bicyclic) bond motifs is 1. The first kappa shape index (κ1) is 20.6. The van der Waals surface area contributed by atoms with Crippen LogP contribution in [-0.2, 0) is 10.3 Å². The van der Waals surface area contributed by atoms with Crippen LogP contribution in [0.3, 0.4) is 0 Å². The quantitative estimate of drug-likeness (QED) is 0.347. The molecular weight excluding hydrogens is 364 g/mol. The van der Waals surface area contributed by atoms with Gasteiger partial charge in [-0.25, -0.2) is 5.48 Å². The van der Waals surface area contributed by atoms with E-state index in [1.54, 1.807) is 13.2 Å². The second kappa shape index (κ2) is 8.95. The Bertz CT molecular complexity index is 903. The summed E-state index contributed by atoms with van der Waals surface area (Å²) in [5.41, 5.74) is 7.27. The highest BCUT2D eigenvalue weighted by Gasteiger charge is 2.29. The number of methoxy groups -OCH3 is 1. The third-order valence-electron chi connectivity index (χ3n) is 5.20. The van der Waals surface area contributed by atoms with Gasteiger partial charge in [-0.1, -0.05) is 38.6 Å². The minimum Gasteiger partial charge on any atom is -0.495 e. The first-order chi connectivity index (χ1) is 13.9. The van der Waals surface area contributed by atoms with Crippen LogP contribution < -0.4 is 20.3 Å². The van der Waals surface area contributed by atoms with Crippen LogP contribution in [0.15, 0.2) is 60.9 Å². The number of hydrogen-bond acceptors (Lipinski definition) is 5. The van der Waals surface area contributed by atoms with Crippen molar-refractivity contribution in [2.45, 2.75) is 32.6 Å². The van der Waals surface area contributed by atoms with Crippen LogP contribution in [0, 0.1) is 6.92 Å². The van der Waals surface area contributed by atoms with Crippen molar-refractivity contribution in [1.82, 2.24) is 0 Å². The molecule has 0 aromatic heterocycles. The van der Waals surface area contributed by atoms with Crippen molar-refractivity contribution in [3.8, 4) is 11.5 Å². The van der Waals surface area contributed by atoms with Gasteiger partial charge in [-0.15, -0.1) is 0 Å². The second-order valence-corrected chi connectivity index (χ2v) is 7.77. The largest absolute Gasteiger partial charge is 0.495 e. The number of hydrogen-bond donors (Lipinski definition) is 2. The van der Waals surface area contributed by atoms with Gasteiger partial charge in [-0.3, -0.25) is 0 Å². The Labute approximate surface area is 173 Å². The van der Waals surface area contributed by atoms with E-state index in [0.717, 1.165) is 41.5 Å². The van der Waals surface area contributed by atoms with E-state index in [1.165, 1.54) is 5.56 Å². The van der Waals surface area contributed by atoms with Gasteiger partial charge in [0.2, 0.25) is 0 Å². The molecule has 0 saturated carbocycles. The summed E-state index contributed by atoms with van der Waals surface area (Å²) >= 11 is 0. The highest BCUT2D eigenvalue weighted by atomic mass is 16.6. The molecule has 5 heteroatoms. The maximum atomic E-state index is 5.90. The molecule has 0 fully saturated rings. The van der Waals surface area contributed by atoms with Gasteiger partial charge in [0.05, 0.1) is 31.6 Å². The fraction of sp³-hybridized carbons (Fsp3) is 0.333. The number of ether oxygens (including phenoxy) is 2. The average molecular weight is 395 g/mol. The van der Waals surface area contributed by atoms with Crippen LogP contribution in [0.25, 0.3) is 0 Å². The van der Waals surface area contributed by atoms with Gasteiger partial charge >= 0.3 is 0 Å². The van der Waals surface area contributed by atoms with Gasteiger partial charge in [0.1, 0.15) is 11.5 Å². The van der Waals surface area contributed by atoms with Gasteiger partial charge in [0, 0.05) is 5.56 Å². The fourth-order valence-corrected chi connectivity index (χ4v) is 3.34. The molecule has 0 radical (unpaired) electrons. The molecule has 0 spiro atoms. The zero-order chi connectivity index (χ0) is 20.9. The number of nitrogens with one attached hydrogen (secondary N) is 2. The minimum atomic E-state index is 0.0723. The third-order valence-corrected chi connectivity index (χ3v) is 5.20. The molecule has 2 aromatic rings. The van der Waals surface area contributed by atoms with Crippen molar-refractivity contribution >= 4 is 11.4 Å². The molecule has 1 aliphatic rings. The molecule has 0 aliphatic carbocycles. The predicted octanol–water partition coefficient (Wildman–Crippen LogP) is 5.59. The van der Waals surface area contributed by atoms with Crippen molar-refractivity contribution < 1.29 is 14.3 Å². The zero-order valence-corrected chi connectivity index (χ0v) is 17.7. The van der Waals surface area contributed by atoms with Gasteiger partial charge in [0.15, 0.2) is 5.76 Å². The predicted molar refractivity (Wildman–Crippen MR) is 119 cm³/mol. The summed E-state index contributed by atoms with van der Waals surface area (Å²) in [7, 11) is 1.66. The molecule has 2 N–H and O–H groups in total. The van der Waals surface area contributed by atoms with Gasteiger partial charge < -0.3 is 19.6 Å². The zero-order valence-electron chi connectivity index (χ0n) is 17.7. The maximum absolute atomic E-state index is 5.90. The van der Waals surface area contributed by atoms with Crippen LogP contribution in [-0.4, -0.2) is 20.3 Å². The normalized spacial score (nSPS) is 15.0. The van der Waals surface area contributed by atoms with E-state index in [-0.39, 0.29) is 5.41 Å². The standard InChI is InChI=1S/C24H30N2O3/c1-6-9-18(16-25-20-10-7-8-11-22(20)27-5)29-26-21-15-19-23(14-17(21)2)28-13-12-24(19,3)4/h6-11,14-15,25-26H,1,12-13,16H2,2-5H3/b18-9-. The molecule has 3 rings (SSSR count). The van der Waals surface area contributed by atoms with Crippen molar-refractivity contribution in [2.24, 2.45) is 0 Å². The summed E-state index contributed by atoms with van der Waals surface area (Å²) < 4.78 is 11.2. The van der Waals surface area contributed by atoms with E-state index >= 15 is 0 Å². The first-order valence-electron chi connectivity index (χ1n) is 9.84. The van der Waals surface area contributed by atoms with Crippen LogP contribution in [0.5, 0.6) is 11.5 Å². The van der Waals surface area contributed by atoms with Gasteiger partial charge in [0.25, 0.3) is 0 Å². The Hall–Kier alpha value is -3.08. The lowest BCUT2D eigenvalue weighted by molar-refractivity contribution is 0.233. The summed E-state index contributed by atoms with van der Waals surface area (Å²) in [5.74, 6) is 2.45. The summed E-state index contributed by atoms with van der Waals surface area (Å²) in [5, 5.41) is 3.34. The lowest BCUT2D eigenvalue weighted by atomic mass is 9.79. The molecular formula is C24H30N2O3. The summed E-state index contributed by atoms with van der Waals surface area (Å²) in [6.07, 6.45) is 4.53. The Morgan fingerprint density at radius 1 is 1.24 bits per heavy atom. The molecule has 0 atom stereocenters. The average Bonchev–Trinajstić information content (AvgIpc) is 2.70. The van der Waals surface area contributed by atoms with Crippen LogP contribution >= 0.6 is 0 Å². The molecule has 0 bridgehead atoms. The summed E-state index contributed by atoms with van der Waals surface area (Å²) in [4.78, 5) is 5.90. The van der Waals surface area contributed by atoms with E-state index < -0.39 is 0 Å². The molecule has 0 saturated heterocycles. The summed E-state index contributed by atoms with van der Waals surface area (Å²) in [6, 6.07) is 12.0. The molecule has 29 heavy (non-hydrogen) atoms. The van der Waals surface area contributed by atoms with Crippen molar-refractivity contribution in [1.29, 1.82) is 0 Å². The number of anilines is 2. The van der Waals surface area contributed by atoms with Crippen molar-refractivity contribution in [3.63, 3.8) is 0 Å². The third kappa shape index (κ3) is 4.86. The first-order valence-corrected chi connectivity index (χ1v) is 9.84. The van der Waals surface area contributed by atoms with Crippen LogP contribution in [0.1, 0.15) is 31.4 Å². The molecule has 5 nitrogen and oxygen atoms in total. The Balaban J connectivity index is 1.71. The monoisotopic (exact) mass is 394 g/mol. The Kier molecular flexibility index (Phi) is 6.37. The molecule has 1 heterocycles. The number of benzene rings is 2. The highest BCUT2D eigenvalue weighted by molar-refractivity contribution is 5.59.